The molecule has 1 unspecified atom stereocenters. The third-order valence-corrected chi connectivity index (χ3v) is 5.72. The number of aromatic hydroxyl groups is 1. The Kier molecular flexibility index (Phi) is 4.26. The van der Waals surface area contributed by atoms with Gasteiger partial charge in [-0.25, -0.2) is 9.37 Å². The van der Waals surface area contributed by atoms with Gasteiger partial charge in [-0.2, -0.15) is 0 Å². The summed E-state index contributed by atoms with van der Waals surface area (Å²) >= 11 is 0. The lowest BCUT2D eigenvalue weighted by molar-refractivity contribution is -0.148. The van der Waals surface area contributed by atoms with Crippen molar-refractivity contribution in [2.45, 2.75) is 12.5 Å². The van der Waals surface area contributed by atoms with Gasteiger partial charge in [-0.05, 0) is 36.6 Å². The number of carbonyl (C=O) groups is 1. The van der Waals surface area contributed by atoms with E-state index >= 15 is 0 Å². The van der Waals surface area contributed by atoms with E-state index in [0.29, 0.717) is 30.2 Å². The van der Waals surface area contributed by atoms with Gasteiger partial charge in [0.05, 0.1) is 30.9 Å². The zero-order valence-corrected chi connectivity index (χ0v) is 15.2. The van der Waals surface area contributed by atoms with Crippen LogP contribution in [0.1, 0.15) is 6.42 Å². The normalized spacial score (nSPS) is 26.0. The van der Waals surface area contributed by atoms with Crippen LogP contribution >= 0.6 is 0 Å². The molecule has 1 aliphatic carbocycles. The van der Waals surface area contributed by atoms with Crippen LogP contribution in [-0.4, -0.2) is 49.5 Å². The average molecular weight is 372 g/mol. The highest BCUT2D eigenvalue weighted by atomic mass is 19.1. The van der Waals surface area contributed by atoms with E-state index in [1.165, 1.54) is 19.2 Å². The summed E-state index contributed by atoms with van der Waals surface area (Å²) in [6, 6.07) is 9.54. The lowest BCUT2D eigenvalue weighted by Crippen LogP contribution is -2.44. The molecule has 2 fully saturated rings. The number of fused-ring (bicyclic) bond motifs is 1. The molecule has 1 saturated carbocycles. The summed E-state index contributed by atoms with van der Waals surface area (Å²) in [4.78, 5) is 19.1. The third kappa shape index (κ3) is 2.65. The second-order valence-electron chi connectivity index (χ2n) is 7.07. The number of pyridine rings is 1. The van der Waals surface area contributed by atoms with E-state index in [0.717, 1.165) is 6.42 Å². The molecule has 4 rings (SSSR count). The molecule has 7 heteroatoms. The van der Waals surface area contributed by atoms with Crippen LogP contribution < -0.4 is 4.90 Å². The number of piperidine rings is 1. The molecule has 1 saturated heterocycles. The molecule has 142 valence electrons. The topological polar surface area (TPSA) is 71.9 Å². The van der Waals surface area contributed by atoms with Gasteiger partial charge in [-0.3, -0.25) is 4.79 Å². The van der Waals surface area contributed by atoms with E-state index in [1.54, 1.807) is 25.3 Å². The Morgan fingerprint density at radius 3 is 2.85 bits per heavy atom. The molecular weight excluding hydrogens is 351 g/mol. The number of halogens is 1. The number of esters is 1. The van der Waals surface area contributed by atoms with Crippen molar-refractivity contribution in [2.24, 2.45) is 11.3 Å². The molecule has 3 atom stereocenters. The minimum absolute atomic E-state index is 0.177. The number of aromatic nitrogens is 1. The fraction of sp³-hybridized carbons (Fsp3) is 0.400. The molecule has 0 spiro atoms. The number of nitrogens with zero attached hydrogens (tertiary/aromatic N) is 2. The van der Waals surface area contributed by atoms with Crippen molar-refractivity contribution in [1.82, 2.24) is 4.98 Å². The number of hydrogen-bond donors (Lipinski definition) is 1. The van der Waals surface area contributed by atoms with Crippen LogP contribution in [0.25, 0.3) is 11.3 Å². The van der Waals surface area contributed by atoms with Crippen LogP contribution in [0.2, 0.25) is 0 Å². The zero-order chi connectivity index (χ0) is 19.2. The SMILES string of the molecule is COC[C@H]1N(c2cccc(-c3cccc(F)c3O)n2)CC2C[C@@]21C(=O)OC. The average Bonchev–Trinajstić information content (AvgIpc) is 3.33. The van der Waals surface area contributed by atoms with E-state index in [1.807, 2.05) is 6.07 Å². The molecule has 6 nitrogen and oxygen atoms in total. The van der Waals surface area contributed by atoms with Crippen LogP contribution in [0, 0.1) is 17.2 Å². The van der Waals surface area contributed by atoms with Crippen LogP contribution in [0.3, 0.4) is 0 Å². The summed E-state index contributed by atoms with van der Waals surface area (Å²) in [6.07, 6.45) is 0.786. The highest BCUT2D eigenvalue weighted by Crippen LogP contribution is 2.62. The number of phenols is 1. The molecule has 0 radical (unpaired) electrons. The maximum Gasteiger partial charge on any atom is 0.314 e. The van der Waals surface area contributed by atoms with E-state index in [9.17, 15) is 14.3 Å². The van der Waals surface area contributed by atoms with Gasteiger partial charge < -0.3 is 19.5 Å². The van der Waals surface area contributed by atoms with Crippen LogP contribution in [0.5, 0.6) is 5.75 Å². The summed E-state index contributed by atoms with van der Waals surface area (Å²) in [5.41, 5.74) is 0.240. The van der Waals surface area contributed by atoms with Gasteiger partial charge in [-0.1, -0.05) is 12.1 Å². The first-order chi connectivity index (χ1) is 13.0. The van der Waals surface area contributed by atoms with Crippen molar-refractivity contribution < 1.29 is 23.8 Å². The molecule has 27 heavy (non-hydrogen) atoms. The number of ether oxygens (including phenoxy) is 2. The molecule has 2 aromatic rings. The van der Waals surface area contributed by atoms with Gasteiger partial charge in [0.15, 0.2) is 11.6 Å². The fourth-order valence-electron chi connectivity index (χ4n) is 4.31. The highest BCUT2D eigenvalue weighted by Gasteiger charge is 2.71. The predicted octanol–water partition coefficient (Wildman–Crippen LogP) is 2.61. The lowest BCUT2D eigenvalue weighted by Gasteiger charge is -2.31. The summed E-state index contributed by atoms with van der Waals surface area (Å²) < 4.78 is 24.1. The number of para-hydroxylation sites is 1. The maximum atomic E-state index is 13.7. The fourth-order valence-corrected chi connectivity index (χ4v) is 4.31. The Morgan fingerprint density at radius 1 is 1.33 bits per heavy atom. The van der Waals surface area contributed by atoms with E-state index in [-0.39, 0.29) is 17.9 Å². The summed E-state index contributed by atoms with van der Waals surface area (Å²) in [7, 11) is 3.01. The quantitative estimate of drug-likeness (QED) is 0.814. The lowest BCUT2D eigenvalue weighted by atomic mass is 9.96. The monoisotopic (exact) mass is 372 g/mol. The smallest absolute Gasteiger partial charge is 0.314 e. The van der Waals surface area contributed by atoms with Crippen molar-refractivity contribution in [3.63, 3.8) is 0 Å². The van der Waals surface area contributed by atoms with E-state index < -0.39 is 17.0 Å². The largest absolute Gasteiger partial charge is 0.504 e. The standard InChI is InChI=1S/C20H21FN2O4/c1-26-11-16-20(19(25)27-2)9-12(20)10-23(16)17-8-4-7-15(22-17)13-5-3-6-14(21)18(13)24/h3-8,12,16,24H,9-11H2,1-2H3/t12?,16-,20-/m1/s1. The van der Waals surface area contributed by atoms with E-state index in [4.69, 9.17) is 9.47 Å². The van der Waals surface area contributed by atoms with Gasteiger partial charge in [0.1, 0.15) is 5.82 Å². The van der Waals surface area contributed by atoms with Crippen molar-refractivity contribution in [3.05, 3.63) is 42.2 Å². The number of hydrogen-bond acceptors (Lipinski definition) is 6. The minimum Gasteiger partial charge on any atom is -0.504 e. The third-order valence-electron chi connectivity index (χ3n) is 5.72. The second-order valence-corrected chi connectivity index (χ2v) is 7.07. The maximum absolute atomic E-state index is 13.7. The number of benzene rings is 1. The van der Waals surface area contributed by atoms with Crippen LogP contribution in [0.4, 0.5) is 10.2 Å². The molecular formula is C20H21FN2O4. The molecule has 2 aliphatic rings. The zero-order valence-electron chi connectivity index (χ0n) is 15.2. The Bertz CT molecular complexity index is 890. The molecule has 1 N–H and O–H groups in total. The van der Waals surface area contributed by atoms with Crippen molar-refractivity contribution in [1.29, 1.82) is 0 Å². The Morgan fingerprint density at radius 2 is 2.11 bits per heavy atom. The first-order valence-electron chi connectivity index (χ1n) is 8.81. The number of rotatable bonds is 5. The Balaban J connectivity index is 1.70. The first-order valence-corrected chi connectivity index (χ1v) is 8.81. The van der Waals surface area contributed by atoms with E-state index in [2.05, 4.69) is 9.88 Å². The minimum atomic E-state index is -0.691. The molecule has 1 aliphatic heterocycles. The summed E-state index contributed by atoms with van der Waals surface area (Å²) in [6.45, 7) is 1.05. The second kappa shape index (κ2) is 6.49. The highest BCUT2D eigenvalue weighted by molar-refractivity contribution is 5.84. The Labute approximate surface area is 156 Å². The molecule has 0 bridgehead atoms. The van der Waals surface area contributed by atoms with Gasteiger partial charge in [-0.15, -0.1) is 0 Å². The number of phenolic OH excluding ortho intramolecular Hbond substituents is 1. The summed E-state index contributed by atoms with van der Waals surface area (Å²) in [5.74, 6) is -0.460. The number of anilines is 1. The molecule has 0 amide bonds. The van der Waals surface area contributed by atoms with Crippen molar-refractivity contribution in [2.75, 3.05) is 32.3 Å². The number of methoxy groups -OCH3 is 2. The van der Waals surface area contributed by atoms with Gasteiger partial charge in [0, 0.05) is 19.2 Å². The van der Waals surface area contributed by atoms with Gasteiger partial charge >= 0.3 is 5.97 Å². The van der Waals surface area contributed by atoms with Crippen LogP contribution in [-0.2, 0) is 14.3 Å². The Hall–Kier alpha value is -2.67. The predicted molar refractivity (Wildman–Crippen MR) is 96.9 cm³/mol. The molecule has 1 aromatic heterocycles. The van der Waals surface area contributed by atoms with Gasteiger partial charge in [0.2, 0.25) is 0 Å². The van der Waals surface area contributed by atoms with Crippen molar-refractivity contribution >= 4 is 11.8 Å². The molecule has 1 aromatic carbocycles. The van der Waals surface area contributed by atoms with Crippen LogP contribution in [0.15, 0.2) is 36.4 Å². The number of carbonyl (C=O) groups excluding carboxylic acids is 1. The first kappa shape index (κ1) is 17.7. The van der Waals surface area contributed by atoms with Crippen molar-refractivity contribution in [3.8, 4) is 17.0 Å². The summed E-state index contributed by atoms with van der Waals surface area (Å²) in [5, 5.41) is 10.0. The van der Waals surface area contributed by atoms with Gasteiger partial charge in [0.25, 0.3) is 0 Å². The molecule has 2 heterocycles.